The lowest BCUT2D eigenvalue weighted by molar-refractivity contribution is 0.0890. The van der Waals surface area contributed by atoms with Crippen molar-refractivity contribution >= 4 is 5.91 Å². The standard InChI is InChI=1S/C15H23N5O/c1-5-19-10-12(9-17-19)14(21)18-13(15(2,3)4)11-20-8-6-7-16-20/h6-10,13H,5,11H2,1-4H3,(H,18,21)/t13-/m0/s1. The zero-order valence-electron chi connectivity index (χ0n) is 13.1. The zero-order valence-corrected chi connectivity index (χ0v) is 13.1. The molecule has 0 aliphatic carbocycles. The molecule has 0 radical (unpaired) electrons. The molecule has 2 heterocycles. The Kier molecular flexibility index (Phi) is 4.45. The molecule has 6 nitrogen and oxygen atoms in total. The number of aryl methyl sites for hydroxylation is 1. The number of nitrogens with zero attached hydrogens (tertiary/aromatic N) is 4. The molecule has 0 fully saturated rings. The summed E-state index contributed by atoms with van der Waals surface area (Å²) in [4.78, 5) is 12.4. The zero-order chi connectivity index (χ0) is 15.5. The van der Waals surface area contributed by atoms with Crippen LogP contribution in [0.25, 0.3) is 0 Å². The Hall–Kier alpha value is -2.11. The summed E-state index contributed by atoms with van der Waals surface area (Å²) < 4.78 is 3.58. The van der Waals surface area contributed by atoms with Crippen LogP contribution in [0.2, 0.25) is 0 Å². The molecule has 2 rings (SSSR count). The molecule has 1 amide bonds. The Morgan fingerprint density at radius 3 is 2.62 bits per heavy atom. The quantitative estimate of drug-likeness (QED) is 0.915. The van der Waals surface area contributed by atoms with Crippen LogP contribution in [-0.2, 0) is 13.1 Å². The molecule has 0 aliphatic rings. The van der Waals surface area contributed by atoms with Gasteiger partial charge in [0, 0.05) is 25.1 Å². The molecule has 0 unspecified atom stereocenters. The number of nitrogens with one attached hydrogen (secondary N) is 1. The molecule has 0 saturated carbocycles. The predicted octanol–water partition coefficient (Wildman–Crippen LogP) is 1.94. The summed E-state index contributed by atoms with van der Waals surface area (Å²) in [7, 11) is 0. The summed E-state index contributed by atoms with van der Waals surface area (Å²) in [5.41, 5.74) is 0.522. The average molecular weight is 289 g/mol. The van der Waals surface area contributed by atoms with Gasteiger partial charge < -0.3 is 5.32 Å². The Morgan fingerprint density at radius 2 is 2.10 bits per heavy atom. The van der Waals surface area contributed by atoms with Crippen molar-refractivity contribution in [1.29, 1.82) is 0 Å². The maximum atomic E-state index is 12.4. The highest BCUT2D eigenvalue weighted by molar-refractivity contribution is 5.93. The third kappa shape index (κ3) is 3.93. The van der Waals surface area contributed by atoms with E-state index in [1.165, 1.54) is 0 Å². The highest BCUT2D eigenvalue weighted by Crippen LogP contribution is 2.21. The van der Waals surface area contributed by atoms with Crippen LogP contribution in [0.4, 0.5) is 0 Å². The normalized spacial score (nSPS) is 13.1. The number of hydrogen-bond donors (Lipinski definition) is 1. The average Bonchev–Trinajstić information content (AvgIpc) is 3.07. The van der Waals surface area contributed by atoms with Gasteiger partial charge >= 0.3 is 0 Å². The van der Waals surface area contributed by atoms with Crippen molar-refractivity contribution in [3.63, 3.8) is 0 Å². The van der Waals surface area contributed by atoms with Gasteiger partial charge in [0.1, 0.15) is 0 Å². The van der Waals surface area contributed by atoms with Crippen LogP contribution < -0.4 is 5.32 Å². The van der Waals surface area contributed by atoms with E-state index in [1.807, 2.05) is 23.9 Å². The molecule has 2 aromatic heterocycles. The van der Waals surface area contributed by atoms with Crippen molar-refractivity contribution in [3.05, 3.63) is 36.4 Å². The van der Waals surface area contributed by atoms with Crippen LogP contribution >= 0.6 is 0 Å². The first kappa shape index (κ1) is 15.3. The fraction of sp³-hybridized carbons (Fsp3) is 0.533. The van der Waals surface area contributed by atoms with Crippen molar-refractivity contribution in [3.8, 4) is 0 Å². The van der Waals surface area contributed by atoms with Crippen LogP contribution in [0, 0.1) is 5.41 Å². The highest BCUT2D eigenvalue weighted by Gasteiger charge is 2.27. The van der Waals surface area contributed by atoms with Crippen LogP contribution in [0.15, 0.2) is 30.9 Å². The Morgan fingerprint density at radius 1 is 1.33 bits per heavy atom. The van der Waals surface area contributed by atoms with E-state index >= 15 is 0 Å². The number of carbonyl (C=O) groups is 1. The first-order valence-electron chi connectivity index (χ1n) is 7.21. The van der Waals surface area contributed by atoms with Gasteiger partial charge in [0.05, 0.1) is 24.3 Å². The third-order valence-corrected chi connectivity index (χ3v) is 3.50. The molecule has 0 aromatic carbocycles. The summed E-state index contributed by atoms with van der Waals surface area (Å²) in [6.45, 7) is 9.71. The fourth-order valence-electron chi connectivity index (χ4n) is 2.03. The van der Waals surface area contributed by atoms with E-state index in [0.717, 1.165) is 6.54 Å². The molecular weight excluding hydrogens is 266 g/mol. The number of rotatable bonds is 5. The third-order valence-electron chi connectivity index (χ3n) is 3.50. The number of carbonyl (C=O) groups excluding carboxylic acids is 1. The predicted molar refractivity (Wildman–Crippen MR) is 80.8 cm³/mol. The Labute approximate surface area is 125 Å². The van der Waals surface area contributed by atoms with Crippen LogP contribution in [0.1, 0.15) is 38.1 Å². The lowest BCUT2D eigenvalue weighted by atomic mass is 9.86. The summed E-state index contributed by atoms with van der Waals surface area (Å²) in [6, 6.07) is 1.86. The van der Waals surface area contributed by atoms with Gasteiger partial charge in [0.25, 0.3) is 5.91 Å². The molecular formula is C15H23N5O. The summed E-state index contributed by atoms with van der Waals surface area (Å²) in [5.74, 6) is -0.0956. The molecule has 0 saturated heterocycles. The molecule has 6 heteroatoms. The van der Waals surface area contributed by atoms with E-state index in [1.54, 1.807) is 23.3 Å². The van der Waals surface area contributed by atoms with E-state index in [-0.39, 0.29) is 17.4 Å². The smallest absolute Gasteiger partial charge is 0.254 e. The van der Waals surface area contributed by atoms with E-state index < -0.39 is 0 Å². The van der Waals surface area contributed by atoms with E-state index in [2.05, 4.69) is 36.3 Å². The van der Waals surface area contributed by atoms with E-state index in [4.69, 9.17) is 0 Å². The highest BCUT2D eigenvalue weighted by atomic mass is 16.1. The van der Waals surface area contributed by atoms with Crippen LogP contribution in [-0.4, -0.2) is 31.5 Å². The second-order valence-corrected chi connectivity index (χ2v) is 6.20. The summed E-state index contributed by atoms with van der Waals surface area (Å²) >= 11 is 0. The summed E-state index contributed by atoms with van der Waals surface area (Å²) in [6.07, 6.45) is 7.02. The van der Waals surface area contributed by atoms with Gasteiger partial charge in [-0.2, -0.15) is 10.2 Å². The van der Waals surface area contributed by atoms with Crippen molar-refractivity contribution in [2.75, 3.05) is 0 Å². The number of amides is 1. The number of hydrogen-bond acceptors (Lipinski definition) is 3. The Balaban J connectivity index is 2.09. The van der Waals surface area contributed by atoms with E-state index in [9.17, 15) is 4.79 Å². The Bertz CT molecular complexity index is 579. The summed E-state index contributed by atoms with van der Waals surface area (Å²) in [5, 5.41) is 11.5. The topological polar surface area (TPSA) is 64.7 Å². The van der Waals surface area contributed by atoms with E-state index in [0.29, 0.717) is 12.1 Å². The van der Waals surface area contributed by atoms with Gasteiger partial charge in [-0.05, 0) is 18.4 Å². The van der Waals surface area contributed by atoms with Gasteiger partial charge in [-0.1, -0.05) is 20.8 Å². The van der Waals surface area contributed by atoms with Crippen molar-refractivity contribution < 1.29 is 4.79 Å². The minimum absolute atomic E-state index is 0.0186. The molecule has 0 aliphatic heterocycles. The van der Waals surface area contributed by atoms with Gasteiger partial charge in [-0.25, -0.2) is 0 Å². The van der Waals surface area contributed by atoms with Gasteiger partial charge in [0.15, 0.2) is 0 Å². The second kappa shape index (κ2) is 6.11. The SMILES string of the molecule is CCn1cc(C(=O)N[C@@H](Cn2cccn2)C(C)(C)C)cn1. The van der Waals surface area contributed by atoms with Crippen molar-refractivity contribution in [2.45, 2.75) is 46.8 Å². The maximum Gasteiger partial charge on any atom is 0.254 e. The minimum atomic E-state index is -0.0956. The maximum absolute atomic E-state index is 12.4. The molecule has 1 atom stereocenters. The van der Waals surface area contributed by atoms with Crippen LogP contribution in [0.5, 0.6) is 0 Å². The fourth-order valence-corrected chi connectivity index (χ4v) is 2.03. The minimum Gasteiger partial charge on any atom is -0.347 e. The van der Waals surface area contributed by atoms with Gasteiger partial charge in [0.2, 0.25) is 0 Å². The first-order valence-corrected chi connectivity index (χ1v) is 7.21. The molecule has 1 N–H and O–H groups in total. The lowest BCUT2D eigenvalue weighted by Crippen LogP contribution is -2.46. The first-order chi connectivity index (χ1) is 9.90. The molecule has 0 bridgehead atoms. The van der Waals surface area contributed by atoms with Crippen LogP contribution in [0.3, 0.4) is 0 Å². The van der Waals surface area contributed by atoms with Crippen molar-refractivity contribution in [1.82, 2.24) is 24.9 Å². The number of aromatic nitrogens is 4. The van der Waals surface area contributed by atoms with Gasteiger partial charge in [-0.3, -0.25) is 14.2 Å². The largest absolute Gasteiger partial charge is 0.347 e. The molecule has 114 valence electrons. The van der Waals surface area contributed by atoms with Gasteiger partial charge in [-0.15, -0.1) is 0 Å². The molecule has 2 aromatic rings. The second-order valence-electron chi connectivity index (χ2n) is 6.20. The lowest BCUT2D eigenvalue weighted by Gasteiger charge is -2.31. The molecule has 21 heavy (non-hydrogen) atoms. The van der Waals surface area contributed by atoms with Crippen molar-refractivity contribution in [2.24, 2.45) is 5.41 Å². The molecule has 0 spiro atoms. The monoisotopic (exact) mass is 289 g/mol.